The number of aliphatic hydroxyl groups is 1. The molecule has 0 bridgehead atoms. The Labute approximate surface area is 151 Å². The van der Waals surface area contributed by atoms with Gasteiger partial charge in [-0.25, -0.2) is 0 Å². The molecule has 3 N–H and O–H groups in total. The third-order valence-electron chi connectivity index (χ3n) is 4.61. The molecule has 0 heterocycles. The van der Waals surface area contributed by atoms with Crippen molar-refractivity contribution >= 4 is 5.96 Å². The van der Waals surface area contributed by atoms with Crippen LogP contribution in [0, 0.1) is 13.8 Å². The molecule has 0 atom stereocenters. The molecular formula is C20H33N3O2. The number of rotatable bonds is 7. The van der Waals surface area contributed by atoms with Crippen molar-refractivity contribution in [2.45, 2.75) is 65.0 Å². The van der Waals surface area contributed by atoms with Crippen LogP contribution in [0.3, 0.4) is 0 Å². The van der Waals surface area contributed by atoms with Gasteiger partial charge in [0.1, 0.15) is 5.75 Å². The molecule has 1 aromatic carbocycles. The van der Waals surface area contributed by atoms with Gasteiger partial charge < -0.3 is 20.5 Å². The molecule has 1 aliphatic rings. The number of nitrogens with one attached hydrogen (secondary N) is 2. The topological polar surface area (TPSA) is 65.9 Å². The maximum absolute atomic E-state index is 9.61. The smallest absolute Gasteiger partial charge is 0.191 e. The lowest BCUT2D eigenvalue weighted by atomic mass is 9.93. The van der Waals surface area contributed by atoms with E-state index in [2.05, 4.69) is 54.6 Å². The number of ether oxygens (including phenoxy) is 1. The quantitative estimate of drug-likeness (QED) is 0.403. The van der Waals surface area contributed by atoms with Crippen LogP contribution in [0.1, 0.15) is 50.2 Å². The van der Waals surface area contributed by atoms with Gasteiger partial charge in [-0.05, 0) is 57.6 Å². The van der Waals surface area contributed by atoms with Gasteiger partial charge in [0.25, 0.3) is 0 Å². The third-order valence-corrected chi connectivity index (χ3v) is 4.61. The van der Waals surface area contributed by atoms with Crippen molar-refractivity contribution in [1.29, 1.82) is 0 Å². The Kier molecular flexibility index (Phi) is 8.06. The predicted molar refractivity (Wildman–Crippen MR) is 103 cm³/mol. The second-order valence-corrected chi connectivity index (χ2v) is 6.83. The van der Waals surface area contributed by atoms with E-state index in [9.17, 15) is 5.11 Å². The summed E-state index contributed by atoms with van der Waals surface area (Å²) < 4.78 is 5.93. The molecule has 1 saturated carbocycles. The summed E-state index contributed by atoms with van der Waals surface area (Å²) in [6.45, 7) is 8.48. The molecule has 5 heteroatoms. The Morgan fingerprint density at radius 2 is 1.88 bits per heavy atom. The minimum atomic E-state index is -0.125. The standard InChI is InChI=1S/C20H33N3O2/c1-4-21-20(23-17-9-11-18(24)12-10-17)22-13-6-14-25-19-15(2)7-5-8-16(19)3/h5,7-8,17-18,24H,4,6,9-14H2,1-3H3,(H2,21,22,23). The fourth-order valence-corrected chi connectivity index (χ4v) is 3.19. The van der Waals surface area contributed by atoms with Gasteiger partial charge in [-0.3, -0.25) is 4.99 Å². The van der Waals surface area contributed by atoms with Gasteiger partial charge in [-0.15, -0.1) is 0 Å². The number of nitrogens with zero attached hydrogens (tertiary/aromatic N) is 1. The second-order valence-electron chi connectivity index (χ2n) is 6.83. The highest BCUT2D eigenvalue weighted by molar-refractivity contribution is 5.80. The van der Waals surface area contributed by atoms with Crippen molar-refractivity contribution < 1.29 is 9.84 Å². The van der Waals surface area contributed by atoms with Crippen molar-refractivity contribution in [3.05, 3.63) is 29.3 Å². The summed E-state index contributed by atoms with van der Waals surface area (Å²) in [4.78, 5) is 4.65. The highest BCUT2D eigenvalue weighted by Gasteiger charge is 2.19. The molecule has 1 aromatic rings. The Hall–Kier alpha value is -1.75. The average Bonchev–Trinajstić information content (AvgIpc) is 2.59. The zero-order valence-electron chi connectivity index (χ0n) is 15.8. The Morgan fingerprint density at radius 3 is 2.52 bits per heavy atom. The first kappa shape index (κ1) is 19.6. The molecule has 25 heavy (non-hydrogen) atoms. The lowest BCUT2D eigenvalue weighted by molar-refractivity contribution is 0.120. The van der Waals surface area contributed by atoms with Crippen molar-refractivity contribution in [2.24, 2.45) is 4.99 Å². The van der Waals surface area contributed by atoms with Gasteiger partial charge in [0, 0.05) is 25.6 Å². The zero-order chi connectivity index (χ0) is 18.1. The molecule has 0 spiro atoms. The Bertz CT molecular complexity index is 532. The first-order valence-electron chi connectivity index (χ1n) is 9.52. The van der Waals surface area contributed by atoms with Crippen LogP contribution in [-0.4, -0.2) is 42.9 Å². The monoisotopic (exact) mass is 347 g/mol. The van der Waals surface area contributed by atoms with E-state index in [1.165, 1.54) is 11.1 Å². The molecule has 1 fully saturated rings. The van der Waals surface area contributed by atoms with Crippen LogP contribution in [0.15, 0.2) is 23.2 Å². The number of aryl methyl sites for hydroxylation is 2. The van der Waals surface area contributed by atoms with Crippen LogP contribution in [0.5, 0.6) is 5.75 Å². The van der Waals surface area contributed by atoms with Crippen LogP contribution < -0.4 is 15.4 Å². The van der Waals surface area contributed by atoms with Gasteiger partial charge in [-0.2, -0.15) is 0 Å². The molecule has 2 rings (SSSR count). The van der Waals surface area contributed by atoms with Gasteiger partial charge in [0.15, 0.2) is 5.96 Å². The van der Waals surface area contributed by atoms with E-state index in [0.29, 0.717) is 12.6 Å². The van der Waals surface area contributed by atoms with E-state index in [1.807, 2.05) is 0 Å². The number of hydrogen-bond donors (Lipinski definition) is 3. The molecule has 0 aliphatic heterocycles. The van der Waals surface area contributed by atoms with E-state index in [-0.39, 0.29) is 6.10 Å². The molecule has 0 saturated heterocycles. The number of aliphatic imine (C=N–C) groups is 1. The molecule has 0 amide bonds. The van der Waals surface area contributed by atoms with Crippen LogP contribution in [0.2, 0.25) is 0 Å². The van der Waals surface area contributed by atoms with Crippen LogP contribution in [-0.2, 0) is 0 Å². The normalized spacial score (nSPS) is 21.0. The minimum Gasteiger partial charge on any atom is -0.493 e. The van der Waals surface area contributed by atoms with Crippen LogP contribution >= 0.6 is 0 Å². The first-order valence-corrected chi connectivity index (χ1v) is 9.52. The largest absolute Gasteiger partial charge is 0.493 e. The highest BCUT2D eigenvalue weighted by atomic mass is 16.5. The molecule has 5 nitrogen and oxygen atoms in total. The molecule has 0 radical (unpaired) electrons. The number of hydrogen-bond acceptors (Lipinski definition) is 3. The highest BCUT2D eigenvalue weighted by Crippen LogP contribution is 2.22. The van der Waals surface area contributed by atoms with Crippen molar-refractivity contribution in [1.82, 2.24) is 10.6 Å². The molecular weight excluding hydrogens is 314 g/mol. The van der Waals surface area contributed by atoms with E-state index in [1.54, 1.807) is 0 Å². The number of benzene rings is 1. The average molecular weight is 348 g/mol. The minimum absolute atomic E-state index is 0.125. The third kappa shape index (κ3) is 6.58. The summed E-state index contributed by atoms with van der Waals surface area (Å²) in [5.74, 6) is 1.87. The maximum Gasteiger partial charge on any atom is 0.191 e. The first-order chi connectivity index (χ1) is 12.1. The summed E-state index contributed by atoms with van der Waals surface area (Å²) in [5, 5.41) is 16.4. The van der Waals surface area contributed by atoms with Crippen molar-refractivity contribution in [3.8, 4) is 5.75 Å². The summed E-state index contributed by atoms with van der Waals surface area (Å²) in [6.07, 6.45) is 4.51. The lowest BCUT2D eigenvalue weighted by Gasteiger charge is -2.27. The molecule has 140 valence electrons. The van der Waals surface area contributed by atoms with E-state index in [0.717, 1.165) is 56.9 Å². The van der Waals surface area contributed by atoms with Gasteiger partial charge in [0.2, 0.25) is 0 Å². The van der Waals surface area contributed by atoms with Crippen LogP contribution in [0.25, 0.3) is 0 Å². The molecule has 1 aliphatic carbocycles. The Morgan fingerprint density at radius 1 is 1.20 bits per heavy atom. The summed E-state index contributed by atoms with van der Waals surface area (Å²) >= 11 is 0. The van der Waals surface area contributed by atoms with Crippen molar-refractivity contribution in [3.63, 3.8) is 0 Å². The SMILES string of the molecule is CCNC(=NCCCOc1c(C)cccc1C)NC1CCC(O)CC1. The number of para-hydroxylation sites is 1. The molecule has 0 unspecified atom stereocenters. The summed E-state index contributed by atoms with van der Waals surface area (Å²) in [6, 6.07) is 6.62. The summed E-state index contributed by atoms with van der Waals surface area (Å²) in [7, 11) is 0. The van der Waals surface area contributed by atoms with Crippen LogP contribution in [0.4, 0.5) is 0 Å². The van der Waals surface area contributed by atoms with Gasteiger partial charge in [-0.1, -0.05) is 18.2 Å². The fourth-order valence-electron chi connectivity index (χ4n) is 3.19. The van der Waals surface area contributed by atoms with E-state index >= 15 is 0 Å². The summed E-state index contributed by atoms with van der Waals surface area (Å²) in [5.41, 5.74) is 2.36. The van der Waals surface area contributed by atoms with Gasteiger partial charge >= 0.3 is 0 Å². The predicted octanol–water partition coefficient (Wildman–Crippen LogP) is 2.93. The number of guanidine groups is 1. The maximum atomic E-state index is 9.61. The second kappa shape index (κ2) is 10.3. The lowest BCUT2D eigenvalue weighted by Crippen LogP contribution is -2.45. The van der Waals surface area contributed by atoms with Gasteiger partial charge in [0.05, 0.1) is 12.7 Å². The molecule has 0 aromatic heterocycles. The Balaban J connectivity index is 1.75. The van der Waals surface area contributed by atoms with E-state index < -0.39 is 0 Å². The van der Waals surface area contributed by atoms with E-state index in [4.69, 9.17) is 4.74 Å². The number of aliphatic hydroxyl groups excluding tert-OH is 1. The zero-order valence-corrected chi connectivity index (χ0v) is 15.8. The van der Waals surface area contributed by atoms with Crippen molar-refractivity contribution in [2.75, 3.05) is 19.7 Å². The fraction of sp³-hybridized carbons (Fsp3) is 0.650.